The maximum Gasteiger partial charge on any atom is 0.312 e. The van der Waals surface area contributed by atoms with Crippen molar-refractivity contribution in [2.75, 3.05) is 0 Å². The molecule has 0 aliphatic carbocycles. The van der Waals surface area contributed by atoms with Gasteiger partial charge in [-0.2, -0.15) is 0 Å². The lowest BCUT2D eigenvalue weighted by Gasteiger charge is -2.30. The van der Waals surface area contributed by atoms with E-state index in [0.717, 1.165) is 11.1 Å². The third kappa shape index (κ3) is 6.29. The number of ether oxygens (including phenoxy) is 4. The highest BCUT2D eigenvalue weighted by atomic mass is 16.6. The van der Waals surface area contributed by atoms with Gasteiger partial charge in [0.15, 0.2) is 6.10 Å². The summed E-state index contributed by atoms with van der Waals surface area (Å²) in [6.07, 6.45) is -0.258. The number of hydrogen-bond donors (Lipinski definition) is 0. The quantitative estimate of drug-likeness (QED) is 0.454. The fourth-order valence-corrected chi connectivity index (χ4v) is 4.72. The normalized spacial score (nSPS) is 33.7. The highest BCUT2D eigenvalue weighted by Gasteiger charge is 2.57. The van der Waals surface area contributed by atoms with Gasteiger partial charge < -0.3 is 18.9 Å². The van der Waals surface area contributed by atoms with Crippen LogP contribution in [0.15, 0.2) is 47.7 Å². The predicted octanol–water partition coefficient (Wildman–Crippen LogP) is 4.33. The van der Waals surface area contributed by atoms with Gasteiger partial charge in [0.2, 0.25) is 5.78 Å². The SMILES string of the molecule is CC[C@H]1OC(=O)[C@H](C)[C@H]2O[C@@](C)(C[C@@H](C)[C@H](OCc3ccccc3)C=C=C1C)C(=O)[C@@H]2OC(C)=O. The number of fused-ring (bicyclic) bond motifs is 2. The maximum atomic E-state index is 13.4. The molecule has 0 amide bonds. The van der Waals surface area contributed by atoms with E-state index < -0.39 is 41.8 Å². The first-order valence-electron chi connectivity index (χ1n) is 12.2. The van der Waals surface area contributed by atoms with E-state index in [1.807, 2.05) is 57.2 Å². The summed E-state index contributed by atoms with van der Waals surface area (Å²) in [6, 6.07) is 9.83. The van der Waals surface area contributed by atoms with Crippen LogP contribution in [0, 0.1) is 11.8 Å². The van der Waals surface area contributed by atoms with E-state index in [1.165, 1.54) is 6.92 Å². The molecule has 0 spiro atoms. The van der Waals surface area contributed by atoms with Crippen LogP contribution in [0.4, 0.5) is 0 Å². The van der Waals surface area contributed by atoms with Gasteiger partial charge >= 0.3 is 11.9 Å². The minimum atomic E-state index is -1.25. The summed E-state index contributed by atoms with van der Waals surface area (Å²) in [5.41, 5.74) is 3.82. The molecule has 1 aromatic rings. The molecule has 0 aromatic heterocycles. The van der Waals surface area contributed by atoms with Crippen molar-refractivity contribution < 1.29 is 33.3 Å². The molecule has 1 saturated heterocycles. The largest absolute Gasteiger partial charge is 0.457 e. The second kappa shape index (κ2) is 11.3. The van der Waals surface area contributed by atoms with Gasteiger partial charge in [-0.15, -0.1) is 5.73 Å². The Labute approximate surface area is 207 Å². The van der Waals surface area contributed by atoms with Crippen molar-refractivity contribution in [2.24, 2.45) is 11.8 Å². The highest BCUT2D eigenvalue weighted by Crippen LogP contribution is 2.39. The summed E-state index contributed by atoms with van der Waals surface area (Å²) in [4.78, 5) is 38.2. The molecule has 0 radical (unpaired) electrons. The molecule has 0 unspecified atom stereocenters. The Morgan fingerprint density at radius 1 is 1.20 bits per heavy atom. The van der Waals surface area contributed by atoms with Crippen LogP contribution in [-0.4, -0.2) is 47.7 Å². The van der Waals surface area contributed by atoms with Crippen LogP contribution in [-0.2, 0) is 39.9 Å². The maximum absolute atomic E-state index is 13.4. The second-order valence-corrected chi connectivity index (χ2v) is 9.77. The first kappa shape index (κ1) is 26.9. The summed E-state index contributed by atoms with van der Waals surface area (Å²) in [7, 11) is 0. The Morgan fingerprint density at radius 2 is 1.89 bits per heavy atom. The lowest BCUT2D eigenvalue weighted by atomic mass is 9.85. The van der Waals surface area contributed by atoms with Crippen LogP contribution in [0.2, 0.25) is 0 Å². The predicted molar refractivity (Wildman–Crippen MR) is 129 cm³/mol. The van der Waals surface area contributed by atoms with E-state index in [0.29, 0.717) is 19.4 Å². The minimum Gasteiger partial charge on any atom is -0.457 e. The van der Waals surface area contributed by atoms with Crippen molar-refractivity contribution in [3.8, 4) is 0 Å². The molecule has 7 heteroatoms. The summed E-state index contributed by atoms with van der Waals surface area (Å²) in [6.45, 7) is 10.7. The standard InChI is InChI=1S/C28H36O7/c1-7-22-17(2)13-14-23(32-16-21-11-9-8-10-12-21)18(3)15-28(6)26(30)25(33-20(5)29)24(35-28)19(4)27(31)34-22/h8-12,14,18-19,22-25H,7,15-16H2,1-6H3/t13?,18-,19-,22-,23-,24-,25-,28+/m1/s1. The molecule has 2 aliphatic rings. The number of cyclic esters (lactones) is 1. The average molecular weight is 485 g/mol. The smallest absolute Gasteiger partial charge is 0.312 e. The average Bonchev–Trinajstić information content (AvgIpc) is 3.06. The van der Waals surface area contributed by atoms with Gasteiger partial charge in [0.1, 0.15) is 17.8 Å². The van der Waals surface area contributed by atoms with Gasteiger partial charge in [0.25, 0.3) is 0 Å². The van der Waals surface area contributed by atoms with Crippen molar-refractivity contribution in [3.05, 3.63) is 53.3 Å². The molecule has 0 saturated carbocycles. The first-order chi connectivity index (χ1) is 16.6. The minimum absolute atomic E-state index is 0.141. The number of esters is 2. The molecular formula is C28H36O7. The van der Waals surface area contributed by atoms with E-state index in [-0.39, 0.29) is 17.8 Å². The Bertz CT molecular complexity index is 994. The molecule has 7 atom stereocenters. The lowest BCUT2D eigenvalue weighted by molar-refractivity contribution is -0.167. The molecular weight excluding hydrogens is 448 g/mol. The number of ketones is 1. The Balaban J connectivity index is 1.99. The molecule has 1 fully saturated rings. The number of rotatable bonds is 5. The number of hydrogen-bond acceptors (Lipinski definition) is 7. The molecule has 3 rings (SSSR count). The number of carbonyl (C=O) groups excluding carboxylic acids is 3. The second-order valence-electron chi connectivity index (χ2n) is 9.77. The molecule has 7 nitrogen and oxygen atoms in total. The molecule has 190 valence electrons. The van der Waals surface area contributed by atoms with E-state index >= 15 is 0 Å². The van der Waals surface area contributed by atoms with Crippen molar-refractivity contribution in [3.63, 3.8) is 0 Å². The summed E-state index contributed by atoms with van der Waals surface area (Å²) in [5.74, 6) is -2.42. The van der Waals surface area contributed by atoms with Crippen LogP contribution in [0.3, 0.4) is 0 Å². The van der Waals surface area contributed by atoms with Gasteiger partial charge in [-0.05, 0) is 51.2 Å². The van der Waals surface area contributed by atoms with E-state index in [9.17, 15) is 14.4 Å². The Morgan fingerprint density at radius 3 is 2.51 bits per heavy atom. The van der Waals surface area contributed by atoms with Crippen molar-refractivity contribution in [1.29, 1.82) is 0 Å². The summed E-state index contributed by atoms with van der Waals surface area (Å²) >= 11 is 0. The zero-order valence-corrected chi connectivity index (χ0v) is 21.4. The topological polar surface area (TPSA) is 88.1 Å². The molecule has 2 bridgehead atoms. The van der Waals surface area contributed by atoms with Crippen molar-refractivity contribution >= 4 is 17.7 Å². The van der Waals surface area contributed by atoms with Crippen LogP contribution in [0.25, 0.3) is 0 Å². The monoisotopic (exact) mass is 484 g/mol. The van der Waals surface area contributed by atoms with E-state index in [2.05, 4.69) is 5.73 Å². The number of benzene rings is 1. The zero-order valence-electron chi connectivity index (χ0n) is 21.4. The van der Waals surface area contributed by atoms with Crippen LogP contribution < -0.4 is 0 Å². The van der Waals surface area contributed by atoms with Crippen molar-refractivity contribution in [2.45, 2.75) is 91.0 Å². The molecule has 2 heterocycles. The molecule has 1 aromatic carbocycles. The lowest BCUT2D eigenvalue weighted by Crippen LogP contribution is -2.41. The first-order valence-corrected chi connectivity index (χ1v) is 12.2. The third-order valence-corrected chi connectivity index (χ3v) is 6.78. The zero-order chi connectivity index (χ0) is 25.8. The van der Waals surface area contributed by atoms with Gasteiger partial charge in [-0.1, -0.05) is 44.2 Å². The summed E-state index contributed by atoms with van der Waals surface area (Å²) < 4.78 is 23.6. The van der Waals surface area contributed by atoms with Crippen LogP contribution in [0.1, 0.15) is 59.9 Å². The fraction of sp³-hybridized carbons (Fsp3) is 0.571. The van der Waals surface area contributed by atoms with E-state index in [1.54, 1.807) is 13.8 Å². The van der Waals surface area contributed by atoms with Gasteiger partial charge in [0.05, 0.1) is 18.6 Å². The highest BCUT2D eigenvalue weighted by molar-refractivity contribution is 5.95. The van der Waals surface area contributed by atoms with Gasteiger partial charge in [-0.3, -0.25) is 14.4 Å². The molecule has 0 N–H and O–H groups in total. The van der Waals surface area contributed by atoms with Crippen molar-refractivity contribution in [1.82, 2.24) is 0 Å². The summed E-state index contributed by atoms with van der Waals surface area (Å²) in [5, 5.41) is 0. The van der Waals surface area contributed by atoms with Gasteiger partial charge in [-0.25, -0.2) is 0 Å². The third-order valence-electron chi connectivity index (χ3n) is 6.78. The van der Waals surface area contributed by atoms with Gasteiger partial charge in [0, 0.05) is 12.5 Å². The number of carbonyl (C=O) groups is 3. The number of Topliss-reactive ketones (excluding diaryl/α,β-unsaturated/α-hetero) is 1. The Hall–Kier alpha value is -2.73. The molecule has 2 aliphatic heterocycles. The van der Waals surface area contributed by atoms with Crippen LogP contribution >= 0.6 is 0 Å². The van der Waals surface area contributed by atoms with Crippen LogP contribution in [0.5, 0.6) is 0 Å². The Kier molecular flexibility index (Phi) is 8.70. The molecule has 35 heavy (non-hydrogen) atoms. The fourth-order valence-electron chi connectivity index (χ4n) is 4.72. The van der Waals surface area contributed by atoms with E-state index in [4.69, 9.17) is 18.9 Å².